The van der Waals surface area contributed by atoms with Gasteiger partial charge in [0.25, 0.3) is 0 Å². The maximum absolute atomic E-state index is 13.3. The van der Waals surface area contributed by atoms with E-state index in [0.717, 1.165) is 42.3 Å². The van der Waals surface area contributed by atoms with Crippen molar-refractivity contribution in [3.63, 3.8) is 0 Å². The van der Waals surface area contributed by atoms with Gasteiger partial charge in [0.2, 0.25) is 0 Å². The summed E-state index contributed by atoms with van der Waals surface area (Å²) in [7, 11) is 0. The van der Waals surface area contributed by atoms with Crippen LogP contribution >= 0.6 is 0 Å². The summed E-state index contributed by atoms with van der Waals surface area (Å²) in [5, 5.41) is 1.15. The van der Waals surface area contributed by atoms with Crippen molar-refractivity contribution < 1.29 is 8.78 Å². The van der Waals surface area contributed by atoms with E-state index in [1.54, 1.807) is 6.07 Å². The van der Waals surface area contributed by atoms with Gasteiger partial charge in [0.05, 0.1) is 11.9 Å². The van der Waals surface area contributed by atoms with E-state index in [1.165, 1.54) is 17.2 Å². The average molecular weight is 351 g/mol. The number of anilines is 1. The van der Waals surface area contributed by atoms with Crippen molar-refractivity contribution in [3.05, 3.63) is 77.1 Å². The van der Waals surface area contributed by atoms with Gasteiger partial charge in [-0.15, -0.1) is 0 Å². The third-order valence-electron chi connectivity index (χ3n) is 4.85. The van der Waals surface area contributed by atoms with Crippen LogP contribution in [0, 0.1) is 18.6 Å². The number of hydrogen-bond donors (Lipinski definition) is 1. The van der Waals surface area contributed by atoms with Crippen LogP contribution in [-0.4, -0.2) is 23.1 Å². The topological polar surface area (TPSA) is 31.9 Å². The Kier molecular flexibility index (Phi) is 4.29. The lowest BCUT2D eigenvalue weighted by atomic mass is 10.0. The Labute approximate surface area is 150 Å². The van der Waals surface area contributed by atoms with Gasteiger partial charge in [-0.25, -0.2) is 13.8 Å². The first-order chi connectivity index (χ1) is 12.6. The van der Waals surface area contributed by atoms with Gasteiger partial charge in [0, 0.05) is 24.7 Å². The largest absolute Gasteiger partial charge is 0.366 e. The predicted molar refractivity (Wildman–Crippen MR) is 101 cm³/mol. The average Bonchev–Trinajstić information content (AvgIpc) is 3.13. The summed E-state index contributed by atoms with van der Waals surface area (Å²) in [5.74, 6) is -1.64. The van der Waals surface area contributed by atoms with Crippen molar-refractivity contribution in [1.82, 2.24) is 9.97 Å². The van der Waals surface area contributed by atoms with Crippen LogP contribution in [0.5, 0.6) is 0 Å². The van der Waals surface area contributed by atoms with Crippen LogP contribution in [0.3, 0.4) is 0 Å². The number of aromatic amines is 1. The molecule has 0 amide bonds. The Morgan fingerprint density at radius 2 is 2.04 bits per heavy atom. The molecule has 26 heavy (non-hydrogen) atoms. The molecular weight excluding hydrogens is 332 g/mol. The SMILES string of the molecule is Cc1c(N2CC=C(C=Cc3ccc(F)c(F)c3)CC2)cnc2[nH]ccc12. The van der Waals surface area contributed by atoms with Crippen LogP contribution < -0.4 is 4.90 Å². The molecule has 0 radical (unpaired) electrons. The summed E-state index contributed by atoms with van der Waals surface area (Å²) in [6.45, 7) is 3.82. The molecule has 0 fully saturated rings. The molecule has 4 rings (SSSR count). The van der Waals surface area contributed by atoms with E-state index >= 15 is 0 Å². The van der Waals surface area contributed by atoms with Gasteiger partial charge in [-0.05, 0) is 48.2 Å². The van der Waals surface area contributed by atoms with Crippen LogP contribution in [0.4, 0.5) is 14.5 Å². The van der Waals surface area contributed by atoms with E-state index in [-0.39, 0.29) is 0 Å². The lowest BCUT2D eigenvalue weighted by Crippen LogP contribution is -2.29. The molecule has 1 aliphatic heterocycles. The summed E-state index contributed by atoms with van der Waals surface area (Å²) in [5.41, 5.74) is 5.14. The van der Waals surface area contributed by atoms with Crippen molar-refractivity contribution in [2.75, 3.05) is 18.0 Å². The first-order valence-electron chi connectivity index (χ1n) is 8.61. The minimum Gasteiger partial charge on any atom is -0.366 e. The molecule has 0 saturated heterocycles. The zero-order valence-corrected chi connectivity index (χ0v) is 14.5. The normalized spacial score (nSPS) is 15.0. The van der Waals surface area contributed by atoms with E-state index in [4.69, 9.17) is 0 Å². The minimum absolute atomic E-state index is 0.658. The molecule has 3 aromatic rings. The van der Waals surface area contributed by atoms with Gasteiger partial charge in [-0.1, -0.05) is 24.3 Å². The zero-order chi connectivity index (χ0) is 18.1. The highest BCUT2D eigenvalue weighted by atomic mass is 19.2. The lowest BCUT2D eigenvalue weighted by molar-refractivity contribution is 0.508. The molecule has 3 nitrogen and oxygen atoms in total. The Morgan fingerprint density at radius 1 is 1.15 bits per heavy atom. The number of fused-ring (bicyclic) bond motifs is 1. The molecule has 5 heteroatoms. The first-order valence-corrected chi connectivity index (χ1v) is 8.61. The second kappa shape index (κ2) is 6.75. The predicted octanol–water partition coefficient (Wildman–Crippen LogP) is 5.00. The quantitative estimate of drug-likeness (QED) is 0.720. The number of halogens is 2. The molecule has 0 atom stereocenters. The van der Waals surface area contributed by atoms with E-state index < -0.39 is 11.6 Å². The number of H-pyrrole nitrogens is 1. The fraction of sp³-hybridized carbons (Fsp3) is 0.190. The van der Waals surface area contributed by atoms with Crippen molar-refractivity contribution >= 4 is 22.8 Å². The summed E-state index contributed by atoms with van der Waals surface area (Å²) in [4.78, 5) is 9.94. The molecule has 0 spiro atoms. The minimum atomic E-state index is -0.821. The van der Waals surface area contributed by atoms with E-state index in [0.29, 0.717) is 5.56 Å². The molecule has 2 aromatic heterocycles. The number of allylic oxidation sites excluding steroid dienone is 1. The van der Waals surface area contributed by atoms with E-state index in [9.17, 15) is 8.78 Å². The van der Waals surface area contributed by atoms with Crippen LogP contribution in [0.25, 0.3) is 17.1 Å². The monoisotopic (exact) mass is 351 g/mol. The van der Waals surface area contributed by atoms with Gasteiger partial charge in [0.1, 0.15) is 5.65 Å². The highest BCUT2D eigenvalue weighted by Gasteiger charge is 2.15. The Bertz CT molecular complexity index is 1020. The van der Waals surface area contributed by atoms with Gasteiger partial charge in [-0.2, -0.15) is 0 Å². The molecule has 3 heterocycles. The van der Waals surface area contributed by atoms with Crippen molar-refractivity contribution in [3.8, 4) is 0 Å². The standard InChI is InChI=1S/C21H19F2N3/c1-14-17-6-9-24-21(17)25-13-20(14)26-10-7-15(8-11-26)2-3-16-4-5-18(22)19(23)12-16/h2-7,9,12-13H,8,10-11H2,1H3,(H,24,25). The first kappa shape index (κ1) is 16.5. The highest BCUT2D eigenvalue weighted by Crippen LogP contribution is 2.28. The molecule has 1 aromatic carbocycles. The highest BCUT2D eigenvalue weighted by molar-refractivity contribution is 5.84. The number of nitrogens with zero attached hydrogens (tertiary/aromatic N) is 2. The zero-order valence-electron chi connectivity index (χ0n) is 14.5. The molecule has 0 unspecified atom stereocenters. The number of aromatic nitrogens is 2. The summed E-state index contributed by atoms with van der Waals surface area (Å²) in [6.07, 6.45) is 10.7. The molecule has 132 valence electrons. The van der Waals surface area contributed by atoms with Gasteiger partial charge in [-0.3, -0.25) is 0 Å². The summed E-state index contributed by atoms with van der Waals surface area (Å²) in [6, 6.07) is 5.99. The Balaban J connectivity index is 1.49. The third-order valence-corrected chi connectivity index (χ3v) is 4.85. The second-order valence-electron chi connectivity index (χ2n) is 6.49. The molecule has 0 saturated carbocycles. The summed E-state index contributed by atoms with van der Waals surface area (Å²) < 4.78 is 26.3. The Hall–Kier alpha value is -2.95. The maximum Gasteiger partial charge on any atom is 0.159 e. The summed E-state index contributed by atoms with van der Waals surface area (Å²) >= 11 is 0. The number of aryl methyl sites for hydroxylation is 1. The van der Waals surface area contributed by atoms with Crippen LogP contribution in [0.2, 0.25) is 0 Å². The number of benzene rings is 1. The fourth-order valence-corrected chi connectivity index (χ4v) is 3.32. The van der Waals surface area contributed by atoms with Gasteiger partial charge in [0.15, 0.2) is 11.6 Å². The van der Waals surface area contributed by atoms with Crippen LogP contribution in [0.15, 0.2) is 54.4 Å². The van der Waals surface area contributed by atoms with Crippen LogP contribution in [-0.2, 0) is 0 Å². The molecular formula is C21H19F2N3. The number of hydrogen-bond acceptors (Lipinski definition) is 2. The van der Waals surface area contributed by atoms with E-state index in [2.05, 4.69) is 33.9 Å². The Morgan fingerprint density at radius 3 is 2.81 bits per heavy atom. The van der Waals surface area contributed by atoms with Crippen LogP contribution in [0.1, 0.15) is 17.5 Å². The van der Waals surface area contributed by atoms with E-state index in [1.807, 2.05) is 24.5 Å². The van der Waals surface area contributed by atoms with Crippen molar-refractivity contribution in [2.24, 2.45) is 0 Å². The van der Waals surface area contributed by atoms with Crippen molar-refractivity contribution in [2.45, 2.75) is 13.3 Å². The maximum atomic E-state index is 13.3. The lowest BCUT2D eigenvalue weighted by Gasteiger charge is -2.29. The van der Waals surface area contributed by atoms with Gasteiger partial charge < -0.3 is 9.88 Å². The number of pyridine rings is 1. The fourth-order valence-electron chi connectivity index (χ4n) is 3.32. The number of nitrogens with one attached hydrogen (secondary N) is 1. The molecule has 0 aliphatic carbocycles. The number of rotatable bonds is 3. The van der Waals surface area contributed by atoms with Gasteiger partial charge >= 0.3 is 0 Å². The molecule has 0 bridgehead atoms. The molecule has 1 N–H and O–H groups in total. The van der Waals surface area contributed by atoms with Crippen molar-refractivity contribution in [1.29, 1.82) is 0 Å². The molecule has 1 aliphatic rings. The smallest absolute Gasteiger partial charge is 0.159 e. The second-order valence-corrected chi connectivity index (χ2v) is 6.49. The third kappa shape index (κ3) is 3.12.